The number of rotatable bonds is 3. The molecule has 0 unspecified atom stereocenters. The molecule has 2 heterocycles. The van der Waals surface area contributed by atoms with Crippen molar-refractivity contribution in [3.05, 3.63) is 69.7 Å². The average Bonchev–Trinajstić information content (AvgIpc) is 2.62. The van der Waals surface area contributed by atoms with Gasteiger partial charge < -0.3 is 15.0 Å². The van der Waals surface area contributed by atoms with Crippen LogP contribution < -0.4 is 9.63 Å². The molecule has 124 valence electrons. The second-order valence-electron chi connectivity index (χ2n) is 5.47. The molecule has 3 rings (SSSR count). The van der Waals surface area contributed by atoms with Crippen molar-refractivity contribution in [2.24, 2.45) is 0 Å². The zero-order chi connectivity index (χ0) is 17.1. The molecule has 2 aromatic rings. The van der Waals surface area contributed by atoms with E-state index in [2.05, 4.69) is 0 Å². The lowest BCUT2D eigenvalue weighted by Gasteiger charge is -2.35. The highest BCUT2D eigenvalue weighted by atomic mass is 16.6. The number of hydrogen-bond acceptors (Lipinski definition) is 5. The Hall–Kier alpha value is -3.16. The zero-order valence-electron chi connectivity index (χ0n) is 12.9. The SMILES string of the molecule is O=C(c1cc[n+]([O-])cc1)N1CCN(c2ccccc2[N+](=O)[O-])CC1. The fourth-order valence-corrected chi connectivity index (χ4v) is 2.77. The minimum atomic E-state index is -0.394. The number of amides is 1. The standard InChI is InChI=1S/C16H16N4O4/c21-16(13-5-7-19(22)8-6-13)18-11-9-17(10-12-18)14-3-1-2-4-15(14)20(23)24/h1-8H,9-12H2. The van der Waals surface area contributed by atoms with E-state index < -0.39 is 4.92 Å². The smallest absolute Gasteiger partial charge is 0.292 e. The lowest BCUT2D eigenvalue weighted by Crippen LogP contribution is -2.49. The molecule has 0 radical (unpaired) electrons. The second kappa shape index (κ2) is 6.53. The number of nitrogens with zero attached hydrogens (tertiary/aromatic N) is 4. The summed E-state index contributed by atoms with van der Waals surface area (Å²) in [6.45, 7) is 1.98. The average molecular weight is 328 g/mol. The van der Waals surface area contributed by atoms with Crippen LogP contribution in [0.15, 0.2) is 48.8 Å². The minimum Gasteiger partial charge on any atom is -0.619 e. The monoisotopic (exact) mass is 328 g/mol. The van der Waals surface area contributed by atoms with Crippen LogP contribution in [-0.4, -0.2) is 41.9 Å². The first kappa shape index (κ1) is 15.7. The molecule has 1 aromatic heterocycles. The molecule has 0 saturated carbocycles. The molecule has 1 aliphatic heterocycles. The van der Waals surface area contributed by atoms with Gasteiger partial charge in [-0.2, -0.15) is 4.73 Å². The van der Waals surface area contributed by atoms with Crippen molar-refractivity contribution in [1.29, 1.82) is 0 Å². The number of anilines is 1. The van der Waals surface area contributed by atoms with Crippen molar-refractivity contribution in [2.45, 2.75) is 0 Å². The molecule has 0 atom stereocenters. The number of para-hydroxylation sites is 2. The Balaban J connectivity index is 1.69. The maximum atomic E-state index is 12.4. The molecule has 1 saturated heterocycles. The van der Waals surface area contributed by atoms with E-state index in [9.17, 15) is 20.1 Å². The highest BCUT2D eigenvalue weighted by Gasteiger charge is 2.26. The van der Waals surface area contributed by atoms with Gasteiger partial charge >= 0.3 is 0 Å². The van der Waals surface area contributed by atoms with Gasteiger partial charge in [0.1, 0.15) is 5.69 Å². The first-order valence-electron chi connectivity index (χ1n) is 7.53. The summed E-state index contributed by atoms with van der Waals surface area (Å²) in [4.78, 5) is 26.8. The van der Waals surface area contributed by atoms with Crippen LogP contribution in [0.4, 0.5) is 11.4 Å². The maximum absolute atomic E-state index is 12.4. The third-order valence-corrected chi connectivity index (χ3v) is 4.03. The largest absolute Gasteiger partial charge is 0.619 e. The van der Waals surface area contributed by atoms with Gasteiger partial charge in [-0.25, -0.2) is 0 Å². The number of aromatic nitrogens is 1. The Labute approximate surface area is 138 Å². The van der Waals surface area contributed by atoms with E-state index in [0.717, 1.165) is 0 Å². The van der Waals surface area contributed by atoms with Gasteiger partial charge in [-0.15, -0.1) is 0 Å². The van der Waals surface area contributed by atoms with Gasteiger partial charge in [0.15, 0.2) is 12.4 Å². The molecule has 0 bridgehead atoms. The van der Waals surface area contributed by atoms with Crippen LogP contribution in [0.2, 0.25) is 0 Å². The summed E-state index contributed by atoms with van der Waals surface area (Å²) in [6, 6.07) is 9.59. The summed E-state index contributed by atoms with van der Waals surface area (Å²) in [5.41, 5.74) is 1.10. The van der Waals surface area contributed by atoms with E-state index in [4.69, 9.17) is 0 Å². The number of carbonyl (C=O) groups is 1. The zero-order valence-corrected chi connectivity index (χ0v) is 12.9. The topological polar surface area (TPSA) is 93.6 Å². The van der Waals surface area contributed by atoms with Crippen LogP contribution in [0.25, 0.3) is 0 Å². The fraction of sp³-hybridized carbons (Fsp3) is 0.250. The quantitative estimate of drug-likeness (QED) is 0.365. The van der Waals surface area contributed by atoms with Crippen LogP contribution in [-0.2, 0) is 0 Å². The van der Waals surface area contributed by atoms with Crippen LogP contribution in [0.5, 0.6) is 0 Å². The van der Waals surface area contributed by atoms with Crippen molar-refractivity contribution >= 4 is 17.3 Å². The van der Waals surface area contributed by atoms with Gasteiger partial charge in [-0.1, -0.05) is 12.1 Å². The highest BCUT2D eigenvalue weighted by Crippen LogP contribution is 2.28. The van der Waals surface area contributed by atoms with E-state index in [1.807, 2.05) is 4.90 Å². The molecule has 24 heavy (non-hydrogen) atoms. The number of pyridine rings is 1. The van der Waals surface area contributed by atoms with Crippen LogP contribution in [0, 0.1) is 15.3 Å². The molecule has 0 spiro atoms. The minimum absolute atomic E-state index is 0.0698. The lowest BCUT2D eigenvalue weighted by molar-refractivity contribution is -0.605. The molecule has 1 aromatic carbocycles. The van der Waals surface area contributed by atoms with Crippen molar-refractivity contribution in [2.75, 3.05) is 31.1 Å². The molecule has 8 heteroatoms. The maximum Gasteiger partial charge on any atom is 0.292 e. The number of carbonyl (C=O) groups excluding carboxylic acids is 1. The number of nitro groups is 1. The summed E-state index contributed by atoms with van der Waals surface area (Å²) in [7, 11) is 0. The summed E-state index contributed by atoms with van der Waals surface area (Å²) < 4.78 is 0.628. The summed E-state index contributed by atoms with van der Waals surface area (Å²) >= 11 is 0. The summed E-state index contributed by atoms with van der Waals surface area (Å²) in [5.74, 6) is -0.141. The molecule has 1 amide bonds. The normalized spacial score (nSPS) is 14.5. The third-order valence-electron chi connectivity index (χ3n) is 4.03. The Morgan fingerprint density at radius 3 is 2.29 bits per heavy atom. The molecule has 8 nitrogen and oxygen atoms in total. The number of nitro benzene ring substituents is 1. The highest BCUT2D eigenvalue weighted by molar-refractivity contribution is 5.94. The molecule has 1 aliphatic rings. The summed E-state index contributed by atoms with van der Waals surface area (Å²) in [6.07, 6.45) is 2.58. The van der Waals surface area contributed by atoms with Crippen LogP contribution in [0.1, 0.15) is 10.4 Å². The van der Waals surface area contributed by atoms with Crippen LogP contribution >= 0.6 is 0 Å². The Kier molecular flexibility index (Phi) is 4.28. The van der Waals surface area contributed by atoms with Crippen LogP contribution in [0.3, 0.4) is 0 Å². The van der Waals surface area contributed by atoms with E-state index in [1.165, 1.54) is 30.6 Å². The van der Waals surface area contributed by atoms with Gasteiger partial charge in [-0.3, -0.25) is 14.9 Å². The van der Waals surface area contributed by atoms with Crippen molar-refractivity contribution in [1.82, 2.24) is 4.90 Å². The first-order chi connectivity index (χ1) is 11.6. The number of benzene rings is 1. The lowest BCUT2D eigenvalue weighted by atomic mass is 10.2. The number of hydrogen-bond donors (Lipinski definition) is 0. The number of piperazine rings is 1. The van der Waals surface area contributed by atoms with Crippen molar-refractivity contribution < 1.29 is 14.4 Å². The van der Waals surface area contributed by atoms with E-state index in [1.54, 1.807) is 23.1 Å². The predicted molar refractivity (Wildman–Crippen MR) is 86.6 cm³/mol. The van der Waals surface area contributed by atoms with Gasteiger partial charge in [0.25, 0.3) is 11.6 Å². The second-order valence-corrected chi connectivity index (χ2v) is 5.47. The third kappa shape index (κ3) is 3.12. The van der Waals surface area contributed by atoms with E-state index >= 15 is 0 Å². The Morgan fingerprint density at radius 2 is 1.67 bits per heavy atom. The Bertz CT molecular complexity index is 755. The van der Waals surface area contributed by atoms with Gasteiger partial charge in [0, 0.05) is 44.4 Å². The predicted octanol–water partition coefficient (Wildman–Crippen LogP) is 1.19. The van der Waals surface area contributed by atoms with E-state index in [-0.39, 0.29) is 11.6 Å². The van der Waals surface area contributed by atoms with Gasteiger partial charge in [0.2, 0.25) is 0 Å². The molecule has 0 N–H and O–H groups in total. The van der Waals surface area contributed by atoms with Crippen molar-refractivity contribution in [3.8, 4) is 0 Å². The molecule has 1 fully saturated rings. The molecule has 0 aliphatic carbocycles. The van der Waals surface area contributed by atoms with Gasteiger partial charge in [0.05, 0.1) is 10.5 Å². The molecular weight excluding hydrogens is 312 g/mol. The van der Waals surface area contributed by atoms with E-state index in [0.29, 0.717) is 42.2 Å². The van der Waals surface area contributed by atoms with Gasteiger partial charge in [-0.05, 0) is 6.07 Å². The molecular formula is C16H16N4O4. The fourth-order valence-electron chi connectivity index (χ4n) is 2.77. The first-order valence-corrected chi connectivity index (χ1v) is 7.53. The Morgan fingerprint density at radius 1 is 1.04 bits per heavy atom. The summed E-state index contributed by atoms with van der Waals surface area (Å²) in [5, 5.41) is 22.2. The van der Waals surface area contributed by atoms with Crippen molar-refractivity contribution in [3.63, 3.8) is 0 Å².